The van der Waals surface area contributed by atoms with Crippen LogP contribution in [0.3, 0.4) is 0 Å². The molecule has 1 aromatic rings. The van der Waals surface area contributed by atoms with Crippen molar-refractivity contribution in [3.8, 4) is 0 Å². The van der Waals surface area contributed by atoms with Gasteiger partial charge in [0, 0.05) is 26.2 Å². The van der Waals surface area contributed by atoms with Crippen LogP contribution in [0.25, 0.3) is 0 Å². The van der Waals surface area contributed by atoms with Gasteiger partial charge in [0.1, 0.15) is 0 Å². The van der Waals surface area contributed by atoms with E-state index < -0.39 is 17.7 Å². The van der Waals surface area contributed by atoms with Crippen LogP contribution in [-0.4, -0.2) is 22.7 Å². The number of rotatable bonds is 2. The largest absolute Gasteiger partial charge is 0.419 e. The van der Waals surface area contributed by atoms with Crippen molar-refractivity contribution < 1.29 is 19.1 Å². The van der Waals surface area contributed by atoms with Gasteiger partial charge in [-0.3, -0.25) is 0 Å². The van der Waals surface area contributed by atoms with E-state index in [2.05, 4.69) is 10.3 Å². The van der Waals surface area contributed by atoms with Crippen LogP contribution in [0.15, 0.2) is 30.1 Å². The van der Waals surface area contributed by atoms with Crippen molar-refractivity contribution in [2.75, 3.05) is 5.32 Å². The molecule has 0 atom stereocenters. The second-order valence-electron chi connectivity index (χ2n) is 4.22. The maximum atomic E-state index is 11.6. The van der Waals surface area contributed by atoms with E-state index in [0.717, 1.165) is 0 Å². The van der Waals surface area contributed by atoms with Gasteiger partial charge in [-0.25, -0.2) is 14.6 Å². The summed E-state index contributed by atoms with van der Waals surface area (Å²) in [6.07, 6.45) is 2.70. The number of nitrogens with one attached hydrogen (secondary N) is 1. The first-order chi connectivity index (χ1) is 8.89. The molecule has 0 bridgehead atoms. The normalized spacial score (nSPS) is 17.5. The summed E-state index contributed by atoms with van der Waals surface area (Å²) in [5, 5.41) is 2.93. The molecule has 100 valence electrons. The van der Waals surface area contributed by atoms with Gasteiger partial charge in [-0.2, -0.15) is 0 Å². The first kappa shape index (κ1) is 13.4. The summed E-state index contributed by atoms with van der Waals surface area (Å²) < 4.78 is 9.87. The lowest BCUT2D eigenvalue weighted by Gasteiger charge is -2.29. The first-order valence-corrected chi connectivity index (χ1v) is 5.81. The summed E-state index contributed by atoms with van der Waals surface area (Å²) in [6, 6.07) is 3.31. The Kier molecular flexibility index (Phi) is 3.44. The molecule has 0 aliphatic carbocycles. The van der Waals surface area contributed by atoms with Gasteiger partial charge in [-0.05, 0) is 12.1 Å². The van der Waals surface area contributed by atoms with Gasteiger partial charge in [0.15, 0.2) is 10.7 Å². The van der Waals surface area contributed by atoms with Crippen molar-refractivity contribution in [3.05, 3.63) is 35.3 Å². The number of hydrogen-bond acceptors (Lipinski definition) is 6. The minimum atomic E-state index is -1.25. The van der Waals surface area contributed by atoms with Crippen LogP contribution < -0.4 is 5.32 Å². The van der Waals surface area contributed by atoms with Crippen LogP contribution in [0.4, 0.5) is 5.69 Å². The molecule has 1 N–H and O–H groups in total. The summed E-state index contributed by atoms with van der Waals surface area (Å²) in [7, 11) is 0. The van der Waals surface area contributed by atoms with E-state index in [-0.39, 0.29) is 10.7 Å². The Morgan fingerprint density at radius 3 is 2.53 bits per heavy atom. The number of ether oxygens (including phenoxy) is 2. The molecule has 0 unspecified atom stereocenters. The number of hydrogen-bond donors (Lipinski definition) is 1. The monoisotopic (exact) mass is 282 g/mol. The summed E-state index contributed by atoms with van der Waals surface area (Å²) in [5.74, 6) is -2.76. The van der Waals surface area contributed by atoms with E-state index in [4.69, 9.17) is 21.1 Å². The van der Waals surface area contributed by atoms with Crippen molar-refractivity contribution in [1.29, 1.82) is 0 Å². The molecule has 0 saturated carbocycles. The first-order valence-electron chi connectivity index (χ1n) is 5.43. The zero-order valence-corrected chi connectivity index (χ0v) is 11.0. The van der Waals surface area contributed by atoms with E-state index >= 15 is 0 Å². The molecule has 19 heavy (non-hydrogen) atoms. The van der Waals surface area contributed by atoms with Crippen LogP contribution >= 0.6 is 11.6 Å². The highest BCUT2D eigenvalue weighted by Crippen LogP contribution is 2.23. The minimum absolute atomic E-state index is 0.220. The molecule has 1 aromatic heterocycles. The fourth-order valence-corrected chi connectivity index (χ4v) is 1.60. The number of carbonyl (C=O) groups is 2. The van der Waals surface area contributed by atoms with Crippen molar-refractivity contribution in [2.24, 2.45) is 0 Å². The number of cyclic esters (lactones) is 2. The Hall–Kier alpha value is -2.08. The summed E-state index contributed by atoms with van der Waals surface area (Å²) >= 11 is 5.82. The molecule has 0 spiro atoms. The molecule has 7 heteroatoms. The molecule has 1 fully saturated rings. The zero-order chi connectivity index (χ0) is 14.0. The third-order valence-corrected chi connectivity index (χ3v) is 2.55. The molecular formula is C12H11ClN2O4. The van der Waals surface area contributed by atoms with Gasteiger partial charge >= 0.3 is 11.9 Å². The van der Waals surface area contributed by atoms with Gasteiger partial charge in [0.05, 0.1) is 5.69 Å². The van der Waals surface area contributed by atoms with Crippen molar-refractivity contribution >= 4 is 29.2 Å². The number of halogens is 1. The second-order valence-corrected chi connectivity index (χ2v) is 4.58. The Morgan fingerprint density at radius 2 is 1.95 bits per heavy atom. The van der Waals surface area contributed by atoms with Crippen molar-refractivity contribution in [2.45, 2.75) is 19.6 Å². The maximum Gasteiger partial charge on any atom is 0.350 e. The third-order valence-electron chi connectivity index (χ3n) is 2.25. The molecule has 0 aromatic carbocycles. The lowest BCUT2D eigenvalue weighted by Crippen LogP contribution is -2.42. The highest BCUT2D eigenvalue weighted by Gasteiger charge is 2.38. The average Bonchev–Trinajstić information content (AvgIpc) is 2.28. The van der Waals surface area contributed by atoms with Crippen LogP contribution in [0.2, 0.25) is 5.15 Å². The molecule has 1 aliphatic heterocycles. The van der Waals surface area contributed by atoms with E-state index in [1.807, 2.05) is 0 Å². The standard InChI is InChI=1S/C12H11ClN2O4/c1-12(2)18-10(16)7(11(17)19-12)6-15-8-4-3-5-14-9(8)13/h3-6,15H,1-2H3. The van der Waals surface area contributed by atoms with E-state index in [1.165, 1.54) is 26.2 Å². The number of nitrogens with zero attached hydrogens (tertiary/aromatic N) is 1. The SMILES string of the molecule is CC1(C)OC(=O)C(=CNc2cccnc2Cl)C(=O)O1. The zero-order valence-electron chi connectivity index (χ0n) is 10.3. The topological polar surface area (TPSA) is 77.5 Å². The number of esters is 2. The maximum absolute atomic E-state index is 11.6. The number of carbonyl (C=O) groups excluding carboxylic acids is 2. The summed E-state index contributed by atoms with van der Waals surface area (Å²) in [4.78, 5) is 27.1. The van der Waals surface area contributed by atoms with Gasteiger partial charge in [0.25, 0.3) is 5.79 Å². The van der Waals surface area contributed by atoms with Crippen LogP contribution in [-0.2, 0) is 19.1 Å². The van der Waals surface area contributed by atoms with Crippen LogP contribution in [0, 0.1) is 0 Å². The van der Waals surface area contributed by atoms with Crippen LogP contribution in [0.5, 0.6) is 0 Å². The minimum Gasteiger partial charge on any atom is -0.419 e. The predicted octanol–water partition coefficient (Wildman–Crippen LogP) is 1.87. The quantitative estimate of drug-likeness (QED) is 0.386. The lowest BCUT2D eigenvalue weighted by molar-refractivity contribution is -0.222. The lowest BCUT2D eigenvalue weighted by atomic mass is 10.2. The molecule has 1 aliphatic rings. The Bertz CT molecular complexity index is 547. The Balaban J connectivity index is 2.18. The molecule has 2 rings (SSSR count). The van der Waals surface area contributed by atoms with Gasteiger partial charge in [-0.1, -0.05) is 11.6 Å². The van der Waals surface area contributed by atoms with Crippen molar-refractivity contribution in [3.63, 3.8) is 0 Å². The second kappa shape index (κ2) is 4.89. The van der Waals surface area contributed by atoms with Crippen LogP contribution in [0.1, 0.15) is 13.8 Å². The van der Waals surface area contributed by atoms with Gasteiger partial charge in [0.2, 0.25) is 0 Å². The van der Waals surface area contributed by atoms with Crippen molar-refractivity contribution in [1.82, 2.24) is 4.98 Å². The number of aromatic nitrogens is 1. The third kappa shape index (κ3) is 3.03. The smallest absolute Gasteiger partial charge is 0.350 e. The van der Waals surface area contributed by atoms with E-state index in [0.29, 0.717) is 5.69 Å². The molecule has 0 radical (unpaired) electrons. The molecular weight excluding hydrogens is 272 g/mol. The Labute approximate surface area is 114 Å². The summed E-state index contributed by atoms with van der Waals surface area (Å²) in [5.41, 5.74) is 0.223. The summed E-state index contributed by atoms with van der Waals surface area (Å²) in [6.45, 7) is 2.95. The number of pyridine rings is 1. The molecule has 1 saturated heterocycles. The fourth-order valence-electron chi connectivity index (χ4n) is 1.42. The van der Waals surface area contributed by atoms with E-state index in [1.54, 1.807) is 12.1 Å². The predicted molar refractivity (Wildman–Crippen MR) is 67.2 cm³/mol. The average molecular weight is 283 g/mol. The van der Waals surface area contributed by atoms with Gasteiger partial charge in [-0.15, -0.1) is 0 Å². The van der Waals surface area contributed by atoms with Gasteiger partial charge < -0.3 is 14.8 Å². The highest BCUT2D eigenvalue weighted by molar-refractivity contribution is 6.32. The molecule has 6 nitrogen and oxygen atoms in total. The fraction of sp³-hybridized carbons (Fsp3) is 0.250. The molecule has 2 heterocycles. The Morgan fingerprint density at radius 1 is 1.32 bits per heavy atom. The highest BCUT2D eigenvalue weighted by atomic mass is 35.5. The molecule has 0 amide bonds. The number of anilines is 1. The van der Waals surface area contributed by atoms with E-state index in [9.17, 15) is 9.59 Å².